The fraction of sp³-hybridized carbons (Fsp3) is 0.200. The molecule has 0 bridgehead atoms. The second kappa shape index (κ2) is 5.59. The van der Waals surface area contributed by atoms with Crippen LogP contribution in [0.5, 0.6) is 5.75 Å². The fourth-order valence-corrected chi connectivity index (χ4v) is 2.10. The summed E-state index contributed by atoms with van der Waals surface area (Å²) in [5.74, 6) is -0.674. The van der Waals surface area contributed by atoms with Crippen LogP contribution >= 0.6 is 0 Å². The number of esters is 1. The number of benzene rings is 1. The van der Waals surface area contributed by atoms with Crippen LogP contribution in [0.15, 0.2) is 24.4 Å². The summed E-state index contributed by atoms with van der Waals surface area (Å²) in [6.45, 7) is 1.97. The Morgan fingerprint density at radius 2 is 2.24 bits per heavy atom. The Hall–Kier alpha value is -2.94. The highest BCUT2D eigenvalue weighted by Gasteiger charge is 2.22. The van der Waals surface area contributed by atoms with Gasteiger partial charge in [0.05, 0.1) is 24.0 Å². The number of nitrogen functional groups attached to an aromatic ring is 1. The number of phenols is 1. The van der Waals surface area contributed by atoms with E-state index < -0.39 is 5.97 Å². The van der Waals surface area contributed by atoms with E-state index in [4.69, 9.17) is 15.7 Å². The van der Waals surface area contributed by atoms with Crippen LogP contribution < -0.4 is 5.73 Å². The van der Waals surface area contributed by atoms with Gasteiger partial charge in [-0.15, -0.1) is 0 Å². The first kappa shape index (κ1) is 14.5. The van der Waals surface area contributed by atoms with E-state index >= 15 is 0 Å². The van der Waals surface area contributed by atoms with Crippen molar-refractivity contribution in [2.75, 3.05) is 12.8 Å². The van der Waals surface area contributed by atoms with E-state index in [1.54, 1.807) is 12.1 Å². The predicted octanol–water partition coefficient (Wildman–Crippen LogP) is 1.99. The Kier molecular flexibility index (Phi) is 3.85. The molecule has 0 aliphatic carbocycles. The number of ether oxygens (including phenoxy) is 1. The highest BCUT2D eigenvalue weighted by molar-refractivity contribution is 5.96. The predicted molar refractivity (Wildman–Crippen MR) is 77.3 cm³/mol. The number of hydrogen-bond donors (Lipinski definition) is 2. The van der Waals surface area contributed by atoms with Gasteiger partial charge in [-0.25, -0.2) is 4.79 Å². The third kappa shape index (κ3) is 2.41. The van der Waals surface area contributed by atoms with Gasteiger partial charge >= 0.3 is 5.97 Å². The van der Waals surface area contributed by atoms with E-state index in [1.165, 1.54) is 17.9 Å². The number of aromatic nitrogens is 1. The number of nitrogens with zero attached hydrogens (tertiary/aromatic N) is 2. The molecule has 2 aromatic rings. The summed E-state index contributed by atoms with van der Waals surface area (Å²) in [6, 6.07) is 7.02. The van der Waals surface area contributed by atoms with Crippen molar-refractivity contribution in [3.05, 3.63) is 41.2 Å². The molecule has 0 fully saturated rings. The SMILES string of the molecule is CCc1ccc(-n2cc(C#N)c(N)c2C(=O)OC)c(O)c1. The van der Waals surface area contributed by atoms with Crippen molar-refractivity contribution in [2.45, 2.75) is 13.3 Å². The van der Waals surface area contributed by atoms with E-state index in [1.807, 2.05) is 19.1 Å². The molecule has 1 heterocycles. The highest BCUT2D eigenvalue weighted by Crippen LogP contribution is 2.30. The van der Waals surface area contributed by atoms with Crippen LogP contribution in [0.25, 0.3) is 5.69 Å². The minimum absolute atomic E-state index is 0.000933. The lowest BCUT2D eigenvalue weighted by molar-refractivity contribution is 0.0593. The molecule has 21 heavy (non-hydrogen) atoms. The summed E-state index contributed by atoms with van der Waals surface area (Å²) in [5, 5.41) is 19.2. The van der Waals surface area contributed by atoms with E-state index in [-0.39, 0.29) is 22.7 Å². The average Bonchev–Trinajstić information content (AvgIpc) is 2.82. The van der Waals surface area contributed by atoms with Gasteiger partial charge in [-0.3, -0.25) is 0 Å². The standard InChI is InChI=1S/C15H15N3O3/c1-3-9-4-5-11(12(19)6-9)18-8-10(7-16)13(17)14(18)15(20)21-2/h4-6,8,19H,3,17H2,1-2H3. The van der Waals surface area contributed by atoms with Crippen LogP contribution in [0.2, 0.25) is 0 Å². The topological polar surface area (TPSA) is 101 Å². The molecule has 6 heteroatoms. The molecule has 108 valence electrons. The third-order valence-corrected chi connectivity index (χ3v) is 3.25. The summed E-state index contributed by atoms with van der Waals surface area (Å²) in [7, 11) is 1.23. The van der Waals surface area contributed by atoms with Crippen molar-refractivity contribution in [1.29, 1.82) is 5.26 Å². The second-order valence-corrected chi connectivity index (χ2v) is 4.46. The van der Waals surface area contributed by atoms with Crippen molar-refractivity contribution in [3.8, 4) is 17.5 Å². The molecule has 0 aliphatic rings. The first-order valence-corrected chi connectivity index (χ1v) is 6.35. The van der Waals surface area contributed by atoms with Gasteiger partial charge in [0.1, 0.15) is 11.8 Å². The summed E-state index contributed by atoms with van der Waals surface area (Å²) < 4.78 is 6.06. The monoisotopic (exact) mass is 285 g/mol. The number of nitrogens with two attached hydrogens (primary N) is 1. The summed E-state index contributed by atoms with van der Waals surface area (Å²) in [6.07, 6.45) is 2.18. The number of hydrogen-bond acceptors (Lipinski definition) is 5. The maximum Gasteiger partial charge on any atom is 0.357 e. The number of phenolic OH excluding ortho intramolecular Hbond substituents is 1. The van der Waals surface area contributed by atoms with Gasteiger partial charge in [-0.1, -0.05) is 13.0 Å². The number of aryl methyl sites for hydroxylation is 1. The highest BCUT2D eigenvalue weighted by atomic mass is 16.5. The van der Waals surface area contributed by atoms with Gasteiger partial charge in [-0.05, 0) is 24.1 Å². The van der Waals surface area contributed by atoms with E-state index in [2.05, 4.69) is 0 Å². The minimum atomic E-state index is -0.673. The molecule has 0 saturated carbocycles. The number of aromatic hydroxyl groups is 1. The van der Waals surface area contributed by atoms with Gasteiger partial charge < -0.3 is 20.1 Å². The number of carbonyl (C=O) groups excluding carboxylic acids is 1. The Labute approximate surface area is 122 Å². The molecule has 0 spiro atoms. The number of anilines is 1. The fourth-order valence-electron chi connectivity index (χ4n) is 2.10. The van der Waals surface area contributed by atoms with Gasteiger partial charge in [0.15, 0.2) is 5.69 Å². The average molecular weight is 285 g/mol. The smallest absolute Gasteiger partial charge is 0.357 e. The second-order valence-electron chi connectivity index (χ2n) is 4.46. The van der Waals surface area contributed by atoms with Crippen molar-refractivity contribution in [2.24, 2.45) is 0 Å². The lowest BCUT2D eigenvalue weighted by Gasteiger charge is -2.11. The largest absolute Gasteiger partial charge is 0.506 e. The first-order valence-electron chi connectivity index (χ1n) is 6.35. The minimum Gasteiger partial charge on any atom is -0.506 e. The van der Waals surface area contributed by atoms with Gasteiger partial charge in [0.2, 0.25) is 0 Å². The van der Waals surface area contributed by atoms with Crippen LogP contribution in [0.3, 0.4) is 0 Å². The van der Waals surface area contributed by atoms with Crippen molar-refractivity contribution >= 4 is 11.7 Å². The molecule has 3 N–H and O–H groups in total. The Bertz CT molecular complexity index is 741. The Morgan fingerprint density at radius 1 is 1.52 bits per heavy atom. The maximum atomic E-state index is 11.9. The molecule has 0 radical (unpaired) electrons. The molecule has 0 atom stereocenters. The molecule has 0 unspecified atom stereocenters. The number of rotatable bonds is 3. The molecule has 1 aromatic carbocycles. The van der Waals surface area contributed by atoms with Crippen molar-refractivity contribution in [1.82, 2.24) is 4.57 Å². The maximum absolute atomic E-state index is 11.9. The van der Waals surface area contributed by atoms with Gasteiger partial charge in [0.25, 0.3) is 0 Å². The van der Waals surface area contributed by atoms with Crippen LogP contribution in [0.4, 0.5) is 5.69 Å². The number of nitriles is 1. The third-order valence-electron chi connectivity index (χ3n) is 3.25. The van der Waals surface area contributed by atoms with Gasteiger partial charge in [0, 0.05) is 6.20 Å². The molecule has 0 amide bonds. The zero-order chi connectivity index (χ0) is 15.6. The number of carbonyl (C=O) groups is 1. The zero-order valence-corrected chi connectivity index (χ0v) is 11.8. The van der Waals surface area contributed by atoms with Crippen molar-refractivity contribution < 1.29 is 14.6 Å². The lowest BCUT2D eigenvalue weighted by Crippen LogP contribution is -2.11. The molecular weight excluding hydrogens is 270 g/mol. The molecule has 1 aromatic heterocycles. The Balaban J connectivity index is 2.69. The molecule has 6 nitrogen and oxygen atoms in total. The molecular formula is C15H15N3O3. The van der Waals surface area contributed by atoms with Crippen LogP contribution in [0.1, 0.15) is 28.5 Å². The molecule has 0 saturated heterocycles. The van der Waals surface area contributed by atoms with Crippen LogP contribution in [-0.2, 0) is 11.2 Å². The van der Waals surface area contributed by atoms with Crippen molar-refractivity contribution in [3.63, 3.8) is 0 Å². The van der Waals surface area contributed by atoms with E-state index in [0.29, 0.717) is 5.69 Å². The molecule has 2 rings (SSSR count). The van der Waals surface area contributed by atoms with E-state index in [9.17, 15) is 9.90 Å². The summed E-state index contributed by atoms with van der Waals surface area (Å²) in [5.41, 5.74) is 7.33. The Morgan fingerprint density at radius 3 is 2.76 bits per heavy atom. The van der Waals surface area contributed by atoms with Crippen LogP contribution in [0, 0.1) is 11.3 Å². The van der Waals surface area contributed by atoms with Crippen LogP contribution in [-0.4, -0.2) is 22.8 Å². The first-order chi connectivity index (χ1) is 10.0. The van der Waals surface area contributed by atoms with Gasteiger partial charge in [-0.2, -0.15) is 5.26 Å². The molecule has 0 aliphatic heterocycles. The normalized spacial score (nSPS) is 10.1. The lowest BCUT2D eigenvalue weighted by atomic mass is 10.1. The number of methoxy groups -OCH3 is 1. The quantitative estimate of drug-likeness (QED) is 0.840. The zero-order valence-electron chi connectivity index (χ0n) is 11.8. The summed E-state index contributed by atoms with van der Waals surface area (Å²) >= 11 is 0. The van der Waals surface area contributed by atoms with E-state index in [0.717, 1.165) is 12.0 Å². The summed E-state index contributed by atoms with van der Waals surface area (Å²) in [4.78, 5) is 11.9.